The van der Waals surface area contributed by atoms with Crippen LogP contribution in [0.4, 0.5) is 13.2 Å². The van der Waals surface area contributed by atoms with Gasteiger partial charge in [-0.05, 0) is 54.8 Å². The zero-order chi connectivity index (χ0) is 24.3. The summed E-state index contributed by atoms with van der Waals surface area (Å²) in [5.74, 6) is 0.0500. The normalized spacial score (nSPS) is 17.2. The molecule has 4 N–H and O–H groups in total. The number of ether oxygens (including phenoxy) is 1. The molecule has 7 nitrogen and oxygen atoms in total. The lowest BCUT2D eigenvalue weighted by atomic mass is 10.1. The summed E-state index contributed by atoms with van der Waals surface area (Å²) in [5, 5.41) is 3.88. The van der Waals surface area contributed by atoms with Gasteiger partial charge < -0.3 is 20.7 Å². The van der Waals surface area contributed by atoms with E-state index < -0.39 is 18.0 Å². The Morgan fingerprint density at radius 2 is 2.06 bits per heavy atom. The van der Waals surface area contributed by atoms with Crippen molar-refractivity contribution in [3.05, 3.63) is 70.0 Å². The molecular weight excluding hydrogens is 515 g/mol. The third-order valence-corrected chi connectivity index (χ3v) is 5.93. The van der Waals surface area contributed by atoms with Crippen LogP contribution in [0.15, 0.2) is 57.5 Å². The zero-order valence-corrected chi connectivity index (χ0v) is 19.6. The number of likely N-dealkylation sites (tertiary alicyclic amines) is 1. The molecule has 0 saturated carbocycles. The molecule has 3 aromatic rings. The predicted molar refractivity (Wildman–Crippen MR) is 124 cm³/mol. The van der Waals surface area contributed by atoms with Crippen molar-refractivity contribution in [2.75, 3.05) is 13.2 Å². The Balaban J connectivity index is 1.52. The summed E-state index contributed by atoms with van der Waals surface area (Å²) in [7, 11) is 0. The van der Waals surface area contributed by atoms with E-state index in [1.807, 2.05) is 29.2 Å². The van der Waals surface area contributed by atoms with Gasteiger partial charge in [0.2, 0.25) is 11.7 Å². The van der Waals surface area contributed by atoms with Crippen molar-refractivity contribution in [2.45, 2.75) is 31.3 Å². The fourth-order valence-electron chi connectivity index (χ4n) is 3.85. The lowest BCUT2D eigenvalue weighted by molar-refractivity contribution is -0.138. The molecule has 2 heterocycles. The number of alkyl halides is 3. The summed E-state index contributed by atoms with van der Waals surface area (Å²) in [4.78, 5) is 6.13. The fraction of sp³-hybridized carbons (Fsp3) is 0.304. The first-order valence-electron chi connectivity index (χ1n) is 10.6. The highest BCUT2D eigenvalue weighted by Crippen LogP contribution is 2.39. The molecule has 11 heteroatoms. The summed E-state index contributed by atoms with van der Waals surface area (Å²) in [6.45, 7) is 0.651. The largest absolute Gasteiger partial charge is 0.489 e. The maximum absolute atomic E-state index is 13.8. The van der Waals surface area contributed by atoms with Crippen molar-refractivity contribution in [1.82, 2.24) is 15.0 Å². The van der Waals surface area contributed by atoms with Gasteiger partial charge in [-0.2, -0.15) is 18.2 Å². The molecule has 1 aliphatic heterocycles. The van der Waals surface area contributed by atoms with Gasteiger partial charge in [0.05, 0.1) is 11.6 Å². The van der Waals surface area contributed by atoms with Crippen molar-refractivity contribution in [1.29, 1.82) is 0 Å². The van der Waals surface area contributed by atoms with Crippen molar-refractivity contribution >= 4 is 22.0 Å². The highest BCUT2D eigenvalue weighted by molar-refractivity contribution is 9.10. The molecule has 1 fully saturated rings. The van der Waals surface area contributed by atoms with Crippen LogP contribution < -0.4 is 16.2 Å². The fourth-order valence-corrected chi connectivity index (χ4v) is 4.26. The van der Waals surface area contributed by atoms with Crippen molar-refractivity contribution in [3.8, 4) is 17.1 Å². The first-order chi connectivity index (χ1) is 16.2. The predicted octanol–water partition coefficient (Wildman–Crippen LogP) is 4.95. The quantitative estimate of drug-likeness (QED) is 0.411. The van der Waals surface area contributed by atoms with E-state index >= 15 is 0 Å². The Bertz CT molecular complexity index is 1170. The molecule has 1 atom stereocenters. The summed E-state index contributed by atoms with van der Waals surface area (Å²) >= 11 is 3.37. The lowest BCUT2D eigenvalue weighted by Crippen LogP contribution is -2.48. The zero-order valence-electron chi connectivity index (χ0n) is 18.0. The van der Waals surface area contributed by atoms with Crippen LogP contribution in [0.25, 0.3) is 17.5 Å². The number of rotatable bonds is 7. The van der Waals surface area contributed by atoms with Gasteiger partial charge in [0.1, 0.15) is 18.6 Å². The van der Waals surface area contributed by atoms with Crippen LogP contribution in [-0.4, -0.2) is 34.5 Å². The second kappa shape index (κ2) is 10.3. The minimum atomic E-state index is -4.62. The van der Waals surface area contributed by atoms with E-state index in [4.69, 9.17) is 20.7 Å². The van der Waals surface area contributed by atoms with Gasteiger partial charge in [-0.15, -0.1) is 0 Å². The van der Waals surface area contributed by atoms with Crippen LogP contribution in [-0.2, 0) is 6.18 Å². The van der Waals surface area contributed by atoms with Crippen LogP contribution in [0.5, 0.6) is 5.75 Å². The Hall–Kier alpha value is -2.73. The minimum absolute atomic E-state index is 0.0296. The van der Waals surface area contributed by atoms with E-state index in [0.717, 1.165) is 28.9 Å². The molecule has 180 valence electrons. The van der Waals surface area contributed by atoms with E-state index in [9.17, 15) is 13.2 Å². The molecular formula is C23H23BrF3N5O2. The molecule has 0 spiro atoms. The number of nitrogens with zero attached hydrogens (tertiary/aromatic N) is 3. The van der Waals surface area contributed by atoms with Gasteiger partial charge in [-0.1, -0.05) is 39.3 Å². The Morgan fingerprint density at radius 3 is 2.79 bits per heavy atom. The molecule has 2 aromatic carbocycles. The summed E-state index contributed by atoms with van der Waals surface area (Å²) in [5.41, 5.74) is 11.7. The smallest absolute Gasteiger partial charge is 0.419 e. The lowest BCUT2D eigenvalue weighted by Gasteiger charge is -2.24. The Labute approximate surface area is 202 Å². The van der Waals surface area contributed by atoms with E-state index in [0.29, 0.717) is 6.54 Å². The summed E-state index contributed by atoms with van der Waals surface area (Å²) < 4.78 is 52.9. The van der Waals surface area contributed by atoms with Gasteiger partial charge in [0.15, 0.2) is 0 Å². The molecule has 34 heavy (non-hydrogen) atoms. The van der Waals surface area contributed by atoms with Crippen molar-refractivity contribution in [2.24, 2.45) is 11.5 Å². The number of aromatic nitrogens is 2. The highest BCUT2D eigenvalue weighted by atomic mass is 79.9. The van der Waals surface area contributed by atoms with Crippen molar-refractivity contribution < 1.29 is 22.4 Å². The molecule has 0 amide bonds. The summed E-state index contributed by atoms with van der Waals surface area (Å²) in [6, 6.07) is 10.9. The molecule has 0 radical (unpaired) electrons. The van der Waals surface area contributed by atoms with Crippen LogP contribution in [0.1, 0.15) is 35.9 Å². The standard InChI is InChI=1S/C23H23BrF3N5O2/c24-16-6-1-4-14(12-16)5-3-11-33-19-9-8-15(13-17(19)23(25,26)27)20-30-21(34-31-20)18-7-2-10-32(18)22(28)29/h1,3-6,8-9,12-13,18,22H,2,7,10-11,28-29H2/b5-3+/t18-/m0/s1. The van der Waals surface area contributed by atoms with E-state index in [-0.39, 0.29) is 35.7 Å². The van der Waals surface area contributed by atoms with E-state index in [2.05, 4.69) is 26.1 Å². The van der Waals surface area contributed by atoms with Crippen molar-refractivity contribution in [3.63, 3.8) is 0 Å². The molecule has 1 aromatic heterocycles. The van der Waals surface area contributed by atoms with Crippen LogP contribution in [0.2, 0.25) is 0 Å². The van der Waals surface area contributed by atoms with Gasteiger partial charge in [-0.3, -0.25) is 4.90 Å². The first kappa shape index (κ1) is 24.4. The number of hydrogen-bond donors (Lipinski definition) is 2. The monoisotopic (exact) mass is 537 g/mol. The van der Waals surface area contributed by atoms with E-state index in [1.165, 1.54) is 12.1 Å². The highest BCUT2D eigenvalue weighted by Gasteiger charge is 2.36. The average molecular weight is 538 g/mol. The van der Waals surface area contributed by atoms with Gasteiger partial charge in [0.25, 0.3) is 0 Å². The molecule has 4 rings (SSSR count). The van der Waals surface area contributed by atoms with Crippen LogP contribution in [0, 0.1) is 0 Å². The van der Waals surface area contributed by atoms with Gasteiger partial charge >= 0.3 is 6.18 Å². The summed E-state index contributed by atoms with van der Waals surface area (Å²) in [6.07, 6.45) is -0.313. The maximum atomic E-state index is 13.8. The second-order valence-electron chi connectivity index (χ2n) is 7.82. The average Bonchev–Trinajstić information content (AvgIpc) is 3.46. The minimum Gasteiger partial charge on any atom is -0.489 e. The first-order valence-corrected chi connectivity index (χ1v) is 11.4. The molecule has 0 bridgehead atoms. The molecule has 1 aliphatic rings. The Morgan fingerprint density at radius 1 is 1.24 bits per heavy atom. The second-order valence-corrected chi connectivity index (χ2v) is 8.74. The SMILES string of the molecule is NC(N)N1CCC[C@H]1c1nc(-c2ccc(OC/C=C/c3cccc(Br)c3)c(C(F)(F)F)c2)no1. The van der Waals surface area contributed by atoms with E-state index in [1.54, 1.807) is 12.2 Å². The maximum Gasteiger partial charge on any atom is 0.419 e. The third kappa shape index (κ3) is 5.66. The van der Waals surface area contributed by atoms with Crippen LogP contribution >= 0.6 is 15.9 Å². The Kier molecular flexibility index (Phi) is 7.36. The van der Waals surface area contributed by atoms with Crippen LogP contribution in [0.3, 0.4) is 0 Å². The third-order valence-electron chi connectivity index (χ3n) is 5.44. The topological polar surface area (TPSA) is 103 Å². The number of nitrogens with two attached hydrogens (primary N) is 2. The molecule has 0 aliphatic carbocycles. The van der Waals surface area contributed by atoms with Gasteiger partial charge in [-0.25, -0.2) is 0 Å². The number of benzene rings is 2. The number of halogens is 4. The number of hydrogen-bond acceptors (Lipinski definition) is 7. The van der Waals surface area contributed by atoms with Gasteiger partial charge in [0, 0.05) is 16.6 Å². The molecule has 1 saturated heterocycles. The molecule has 0 unspecified atom stereocenters.